The van der Waals surface area contributed by atoms with Gasteiger partial charge in [0.1, 0.15) is 11.5 Å². The molecule has 1 heterocycles. The molecule has 4 nitrogen and oxygen atoms in total. The molecule has 1 aliphatic heterocycles. The summed E-state index contributed by atoms with van der Waals surface area (Å²) in [4.78, 5) is 15.1. The molecule has 1 amide bonds. The van der Waals surface area contributed by atoms with Crippen molar-refractivity contribution < 1.29 is 14.3 Å². The lowest BCUT2D eigenvalue weighted by molar-refractivity contribution is -0.130. The lowest BCUT2D eigenvalue weighted by Crippen LogP contribution is -2.55. The van der Waals surface area contributed by atoms with Crippen LogP contribution in [0.5, 0.6) is 11.5 Å². The third-order valence-electron chi connectivity index (χ3n) is 5.98. The van der Waals surface area contributed by atoms with Crippen molar-refractivity contribution in [3.63, 3.8) is 0 Å². The summed E-state index contributed by atoms with van der Waals surface area (Å²) in [6.07, 6.45) is 2.98. The molecule has 0 N–H and O–H groups in total. The topological polar surface area (TPSA) is 38.8 Å². The summed E-state index contributed by atoms with van der Waals surface area (Å²) in [5, 5.41) is 0. The number of hydrogen-bond acceptors (Lipinski definition) is 3. The highest BCUT2D eigenvalue weighted by atomic mass is 16.5. The molecule has 1 fully saturated rings. The van der Waals surface area contributed by atoms with Crippen molar-refractivity contribution in [2.24, 2.45) is 5.92 Å². The monoisotopic (exact) mass is 429 g/mol. The average Bonchev–Trinajstić information content (AvgIpc) is 2.81. The number of hydrogen-bond donors (Lipinski definition) is 0. The highest BCUT2D eigenvalue weighted by Crippen LogP contribution is 2.46. The van der Waals surface area contributed by atoms with Crippen LogP contribution in [0.2, 0.25) is 0 Å². The van der Waals surface area contributed by atoms with E-state index in [0.717, 1.165) is 42.0 Å². The molecule has 0 bridgehead atoms. The molecule has 166 valence electrons. The number of carbonyl (C=O) groups excluding carboxylic acids is 1. The Morgan fingerprint density at radius 3 is 2.16 bits per heavy atom. The van der Waals surface area contributed by atoms with E-state index in [1.165, 1.54) is 5.56 Å². The average molecular weight is 430 g/mol. The number of carbonyl (C=O) groups is 1. The number of aryl methyl sites for hydroxylation is 1. The third-order valence-corrected chi connectivity index (χ3v) is 5.98. The van der Waals surface area contributed by atoms with Gasteiger partial charge in [0.15, 0.2) is 0 Å². The van der Waals surface area contributed by atoms with Crippen LogP contribution in [-0.2, 0) is 11.2 Å². The highest BCUT2D eigenvalue weighted by molar-refractivity contribution is 6.03. The number of ether oxygens (including phenoxy) is 2. The number of rotatable bonds is 9. The number of β-lactam (4-membered cyclic amide) rings is 1. The second kappa shape index (κ2) is 9.90. The summed E-state index contributed by atoms with van der Waals surface area (Å²) in [7, 11) is 1.65. The zero-order valence-electron chi connectivity index (χ0n) is 19.0. The zero-order chi connectivity index (χ0) is 22.5. The summed E-state index contributed by atoms with van der Waals surface area (Å²) < 4.78 is 11.1. The quantitative estimate of drug-likeness (QED) is 0.380. The summed E-state index contributed by atoms with van der Waals surface area (Å²) in [5.41, 5.74) is 3.36. The van der Waals surface area contributed by atoms with Gasteiger partial charge in [0.25, 0.3) is 0 Å². The fraction of sp³-hybridized carbons (Fsp3) is 0.321. The first kappa shape index (κ1) is 21.9. The van der Waals surface area contributed by atoms with E-state index < -0.39 is 0 Å². The van der Waals surface area contributed by atoms with Crippen molar-refractivity contribution in [1.82, 2.24) is 0 Å². The molecular weight excluding hydrogens is 398 g/mol. The van der Waals surface area contributed by atoms with Crippen LogP contribution in [0.1, 0.15) is 43.9 Å². The minimum absolute atomic E-state index is 0.0160. The Kier molecular flexibility index (Phi) is 6.79. The molecule has 0 radical (unpaired) electrons. The van der Waals surface area contributed by atoms with Gasteiger partial charge in [-0.25, -0.2) is 0 Å². The lowest BCUT2D eigenvalue weighted by Gasteiger charge is -2.47. The molecule has 32 heavy (non-hydrogen) atoms. The molecule has 0 spiro atoms. The smallest absolute Gasteiger partial charge is 0.233 e. The van der Waals surface area contributed by atoms with Gasteiger partial charge in [-0.1, -0.05) is 42.5 Å². The van der Waals surface area contributed by atoms with Crippen molar-refractivity contribution in [3.05, 3.63) is 90.0 Å². The van der Waals surface area contributed by atoms with Gasteiger partial charge in [0.05, 0.1) is 25.2 Å². The van der Waals surface area contributed by atoms with Crippen LogP contribution in [0.3, 0.4) is 0 Å². The predicted molar refractivity (Wildman–Crippen MR) is 128 cm³/mol. The van der Waals surface area contributed by atoms with Gasteiger partial charge in [-0.15, -0.1) is 0 Å². The molecular formula is C28H31NO3. The van der Waals surface area contributed by atoms with E-state index in [9.17, 15) is 4.79 Å². The van der Waals surface area contributed by atoms with Crippen molar-refractivity contribution in [3.8, 4) is 11.5 Å². The van der Waals surface area contributed by atoms with E-state index in [-0.39, 0.29) is 24.0 Å². The van der Waals surface area contributed by atoms with Crippen molar-refractivity contribution in [1.29, 1.82) is 0 Å². The van der Waals surface area contributed by atoms with Crippen LogP contribution < -0.4 is 14.4 Å². The standard InChI is InChI=1S/C28H31NO3/c1-20(2)32-25-16-12-22(13-17-25)27-26(11-7-10-21-8-5-4-6-9-21)28(30)29(27)23-14-18-24(31-3)19-15-23/h4-6,8-9,12-20,26-27H,7,10-11H2,1-3H3/t26-,27+/m0/s1. The van der Waals surface area contributed by atoms with E-state index in [4.69, 9.17) is 9.47 Å². The van der Waals surface area contributed by atoms with E-state index in [1.54, 1.807) is 7.11 Å². The Morgan fingerprint density at radius 1 is 0.875 bits per heavy atom. The number of anilines is 1. The minimum Gasteiger partial charge on any atom is -0.497 e. The fourth-order valence-corrected chi connectivity index (χ4v) is 4.43. The lowest BCUT2D eigenvalue weighted by atomic mass is 9.78. The van der Waals surface area contributed by atoms with Gasteiger partial charge in [-0.3, -0.25) is 4.79 Å². The molecule has 0 aromatic heterocycles. The molecule has 3 aromatic carbocycles. The van der Waals surface area contributed by atoms with Gasteiger partial charge >= 0.3 is 0 Å². The second-order valence-electron chi connectivity index (χ2n) is 8.57. The van der Waals surface area contributed by atoms with Gasteiger partial charge < -0.3 is 14.4 Å². The first-order valence-electron chi connectivity index (χ1n) is 11.3. The van der Waals surface area contributed by atoms with E-state index >= 15 is 0 Å². The van der Waals surface area contributed by atoms with Crippen molar-refractivity contribution in [2.45, 2.75) is 45.3 Å². The summed E-state index contributed by atoms with van der Waals surface area (Å²) >= 11 is 0. The van der Waals surface area contributed by atoms with Crippen LogP contribution in [0.4, 0.5) is 5.69 Å². The Labute approximate surface area is 190 Å². The number of nitrogens with zero attached hydrogens (tertiary/aromatic N) is 1. The van der Waals surface area contributed by atoms with Gasteiger partial charge in [-0.05, 0) is 80.6 Å². The summed E-state index contributed by atoms with van der Waals surface area (Å²) in [5.74, 6) is 1.81. The molecule has 0 aliphatic carbocycles. The number of methoxy groups -OCH3 is 1. The Morgan fingerprint density at radius 2 is 1.53 bits per heavy atom. The van der Waals surface area contributed by atoms with Gasteiger partial charge in [0.2, 0.25) is 5.91 Å². The SMILES string of the molecule is COc1ccc(N2C(=O)[C@@H](CCCc3ccccc3)[C@H]2c2ccc(OC(C)C)cc2)cc1. The number of amides is 1. The fourth-order valence-electron chi connectivity index (χ4n) is 4.43. The van der Waals surface area contributed by atoms with Crippen molar-refractivity contribution >= 4 is 11.6 Å². The Hall–Kier alpha value is -3.27. The molecule has 4 heteroatoms. The third kappa shape index (κ3) is 4.80. The molecule has 3 aromatic rings. The van der Waals surface area contributed by atoms with Gasteiger partial charge in [-0.2, -0.15) is 0 Å². The van der Waals surface area contributed by atoms with Crippen LogP contribution in [0.25, 0.3) is 0 Å². The maximum absolute atomic E-state index is 13.2. The van der Waals surface area contributed by atoms with Crippen LogP contribution in [0.15, 0.2) is 78.9 Å². The maximum Gasteiger partial charge on any atom is 0.233 e. The summed E-state index contributed by atoms with van der Waals surface area (Å²) in [6.45, 7) is 4.04. The van der Waals surface area contributed by atoms with Gasteiger partial charge in [0, 0.05) is 5.69 Å². The first-order valence-corrected chi connectivity index (χ1v) is 11.3. The molecule has 1 saturated heterocycles. The van der Waals surface area contributed by atoms with E-state index in [1.807, 2.05) is 61.2 Å². The van der Waals surface area contributed by atoms with Crippen LogP contribution in [0, 0.1) is 5.92 Å². The minimum atomic E-state index is -0.0160. The molecule has 2 atom stereocenters. The molecule has 0 saturated carbocycles. The van der Waals surface area contributed by atoms with E-state index in [2.05, 4.69) is 36.4 Å². The van der Waals surface area contributed by atoms with Crippen molar-refractivity contribution in [2.75, 3.05) is 12.0 Å². The first-order chi connectivity index (χ1) is 15.6. The van der Waals surface area contributed by atoms with Crippen LogP contribution in [-0.4, -0.2) is 19.1 Å². The van der Waals surface area contributed by atoms with E-state index in [0.29, 0.717) is 0 Å². The normalized spacial score (nSPS) is 17.9. The largest absolute Gasteiger partial charge is 0.497 e. The van der Waals surface area contributed by atoms with Crippen LogP contribution >= 0.6 is 0 Å². The molecule has 0 unspecified atom stereocenters. The second-order valence-corrected chi connectivity index (χ2v) is 8.57. The maximum atomic E-state index is 13.2. The zero-order valence-corrected chi connectivity index (χ0v) is 19.0. The number of benzene rings is 3. The predicted octanol–water partition coefficient (Wildman–Crippen LogP) is 6.21. The summed E-state index contributed by atoms with van der Waals surface area (Å²) in [6, 6.07) is 26.4. The Balaban J connectivity index is 1.53. The molecule has 1 aliphatic rings. The molecule has 4 rings (SSSR count). The Bertz CT molecular complexity index is 1010. The highest BCUT2D eigenvalue weighted by Gasteiger charge is 2.48.